The number of aryl methyl sites for hydroxylation is 1. The number of sulfonamides is 1. The Bertz CT molecular complexity index is 927. The molecule has 0 aliphatic carbocycles. The van der Waals surface area contributed by atoms with E-state index in [-0.39, 0.29) is 12.3 Å². The number of carbonyl (C=O) groups is 1. The van der Waals surface area contributed by atoms with Crippen molar-refractivity contribution in [1.82, 2.24) is 0 Å². The van der Waals surface area contributed by atoms with Crippen molar-refractivity contribution in [2.24, 2.45) is 5.14 Å². The van der Waals surface area contributed by atoms with E-state index in [0.717, 1.165) is 23.8 Å². The number of halogens is 1. The van der Waals surface area contributed by atoms with Crippen molar-refractivity contribution >= 4 is 21.6 Å². The number of ether oxygens (including phenoxy) is 1. The summed E-state index contributed by atoms with van der Waals surface area (Å²) in [7, 11) is -4.08. The van der Waals surface area contributed by atoms with Crippen LogP contribution in [0.25, 0.3) is 0 Å². The fourth-order valence-corrected chi connectivity index (χ4v) is 3.10. The van der Waals surface area contributed by atoms with E-state index >= 15 is 0 Å². The quantitative estimate of drug-likeness (QED) is 0.805. The molecule has 2 aromatic carbocycles. The van der Waals surface area contributed by atoms with E-state index in [9.17, 15) is 17.6 Å². The average Bonchev–Trinajstić information content (AvgIpc) is 2.51. The van der Waals surface area contributed by atoms with Crippen LogP contribution in [0.4, 0.5) is 10.1 Å². The molecule has 0 radical (unpaired) electrons. The van der Waals surface area contributed by atoms with Gasteiger partial charge in [-0.25, -0.2) is 17.9 Å². The molecule has 1 amide bonds. The number of nitrogens with one attached hydrogen (secondary N) is 1. The number of amides is 1. The molecule has 0 unspecified atom stereocenters. The highest BCUT2D eigenvalue weighted by Gasteiger charge is 2.13. The van der Waals surface area contributed by atoms with Gasteiger partial charge in [0.1, 0.15) is 11.6 Å². The van der Waals surface area contributed by atoms with Gasteiger partial charge in [-0.1, -0.05) is 19.9 Å². The second-order valence-electron chi connectivity index (χ2n) is 6.23. The Morgan fingerprint density at radius 1 is 1.23 bits per heavy atom. The van der Waals surface area contributed by atoms with Gasteiger partial charge in [-0.05, 0) is 54.3 Å². The van der Waals surface area contributed by atoms with Gasteiger partial charge in [-0.3, -0.25) is 4.79 Å². The highest BCUT2D eigenvalue weighted by atomic mass is 32.2. The van der Waals surface area contributed by atoms with Crippen molar-refractivity contribution in [2.45, 2.75) is 31.6 Å². The van der Waals surface area contributed by atoms with Crippen LogP contribution in [0.2, 0.25) is 0 Å². The summed E-state index contributed by atoms with van der Waals surface area (Å²) >= 11 is 0. The molecule has 3 N–H and O–H groups in total. The van der Waals surface area contributed by atoms with Crippen LogP contribution >= 0.6 is 0 Å². The molecule has 0 aromatic heterocycles. The number of hydrogen-bond donors (Lipinski definition) is 2. The third kappa shape index (κ3) is 5.27. The average molecular weight is 380 g/mol. The van der Waals surface area contributed by atoms with Crippen LogP contribution < -0.4 is 15.2 Å². The molecule has 0 aliphatic rings. The molecule has 8 heteroatoms. The molecule has 140 valence electrons. The largest absolute Gasteiger partial charge is 0.484 e. The summed E-state index contributed by atoms with van der Waals surface area (Å²) in [5, 5.41) is 7.36. The maximum Gasteiger partial charge on any atom is 0.262 e. The first-order chi connectivity index (χ1) is 12.1. The first kappa shape index (κ1) is 19.9. The molecule has 26 heavy (non-hydrogen) atoms. The van der Waals surface area contributed by atoms with Crippen LogP contribution in [-0.4, -0.2) is 20.9 Å². The fourth-order valence-electron chi connectivity index (χ4n) is 2.53. The van der Waals surface area contributed by atoms with E-state index in [2.05, 4.69) is 19.2 Å². The molecule has 2 aromatic rings. The first-order valence-corrected chi connectivity index (χ1v) is 9.47. The fraction of sp³-hybridized carbons (Fsp3) is 0.278. The zero-order valence-electron chi connectivity index (χ0n) is 14.7. The Morgan fingerprint density at radius 2 is 1.92 bits per heavy atom. The topological polar surface area (TPSA) is 98.5 Å². The molecular weight excluding hydrogens is 359 g/mol. The predicted octanol–water partition coefficient (Wildman–Crippen LogP) is 2.92. The molecule has 0 aliphatic heterocycles. The van der Waals surface area contributed by atoms with E-state index in [4.69, 9.17) is 9.88 Å². The van der Waals surface area contributed by atoms with E-state index in [1.165, 1.54) is 5.56 Å². The smallest absolute Gasteiger partial charge is 0.262 e. The van der Waals surface area contributed by atoms with Crippen molar-refractivity contribution in [3.05, 3.63) is 53.3 Å². The van der Waals surface area contributed by atoms with Crippen LogP contribution in [0.5, 0.6) is 5.75 Å². The summed E-state index contributed by atoms with van der Waals surface area (Å²) < 4.78 is 41.6. The lowest BCUT2D eigenvalue weighted by atomic mass is 9.98. The van der Waals surface area contributed by atoms with Gasteiger partial charge in [-0.15, -0.1) is 0 Å². The van der Waals surface area contributed by atoms with E-state index in [1.807, 2.05) is 19.1 Å². The molecule has 0 spiro atoms. The van der Waals surface area contributed by atoms with Crippen LogP contribution in [0.3, 0.4) is 0 Å². The number of benzene rings is 2. The SMILES string of the molecule is Cc1cc(OCC(=O)Nc2cc(F)cc(S(N)(=O)=O)c2)ccc1C(C)C. The van der Waals surface area contributed by atoms with E-state index in [0.29, 0.717) is 11.7 Å². The Balaban J connectivity index is 2.04. The Hall–Kier alpha value is -2.45. The third-order valence-corrected chi connectivity index (χ3v) is 4.61. The molecule has 0 atom stereocenters. The zero-order chi connectivity index (χ0) is 19.5. The lowest BCUT2D eigenvalue weighted by Gasteiger charge is -2.12. The van der Waals surface area contributed by atoms with Gasteiger partial charge in [0.25, 0.3) is 5.91 Å². The maximum absolute atomic E-state index is 13.5. The maximum atomic E-state index is 13.5. The van der Waals surface area contributed by atoms with Crippen molar-refractivity contribution < 1.29 is 22.3 Å². The summed E-state index contributed by atoms with van der Waals surface area (Å²) in [6.07, 6.45) is 0. The number of nitrogens with two attached hydrogens (primary N) is 1. The highest BCUT2D eigenvalue weighted by molar-refractivity contribution is 7.89. The number of hydrogen-bond acceptors (Lipinski definition) is 4. The Labute approximate surface area is 152 Å². The van der Waals surface area contributed by atoms with Crippen LogP contribution in [-0.2, 0) is 14.8 Å². The van der Waals surface area contributed by atoms with Crippen molar-refractivity contribution in [3.63, 3.8) is 0 Å². The zero-order valence-corrected chi connectivity index (χ0v) is 15.6. The van der Waals surface area contributed by atoms with Crippen molar-refractivity contribution in [2.75, 3.05) is 11.9 Å². The van der Waals surface area contributed by atoms with Gasteiger partial charge in [-0.2, -0.15) is 0 Å². The standard InChI is InChI=1S/C18H21FN2O4S/c1-11(2)17-5-4-15(6-12(17)3)25-10-18(22)21-14-7-13(19)8-16(9-14)26(20,23)24/h4-9,11H,10H2,1-3H3,(H,21,22)(H2,20,23,24). The lowest BCUT2D eigenvalue weighted by molar-refractivity contribution is -0.118. The molecule has 0 heterocycles. The molecule has 0 bridgehead atoms. The first-order valence-electron chi connectivity index (χ1n) is 7.93. The van der Waals surface area contributed by atoms with Gasteiger partial charge in [0, 0.05) is 5.69 Å². The Kier molecular flexibility index (Phi) is 5.99. The monoisotopic (exact) mass is 380 g/mol. The van der Waals surface area contributed by atoms with Crippen molar-refractivity contribution in [1.29, 1.82) is 0 Å². The third-order valence-electron chi connectivity index (χ3n) is 3.72. The van der Waals surface area contributed by atoms with Crippen LogP contribution in [0.15, 0.2) is 41.3 Å². The lowest BCUT2D eigenvalue weighted by Crippen LogP contribution is -2.21. The molecule has 6 nitrogen and oxygen atoms in total. The minimum atomic E-state index is -4.08. The summed E-state index contributed by atoms with van der Waals surface area (Å²) in [5.74, 6) is -0.464. The molecule has 2 rings (SSSR count). The van der Waals surface area contributed by atoms with E-state index in [1.54, 1.807) is 6.07 Å². The summed E-state index contributed by atoms with van der Waals surface area (Å²) in [4.78, 5) is 11.6. The van der Waals surface area contributed by atoms with E-state index < -0.39 is 26.6 Å². The summed E-state index contributed by atoms with van der Waals surface area (Å²) in [6, 6.07) is 8.41. The Morgan fingerprint density at radius 3 is 2.50 bits per heavy atom. The van der Waals surface area contributed by atoms with Gasteiger partial charge >= 0.3 is 0 Å². The molecule has 0 fully saturated rings. The second kappa shape index (κ2) is 7.84. The number of rotatable bonds is 6. The minimum Gasteiger partial charge on any atom is -0.484 e. The molecule has 0 saturated heterocycles. The number of anilines is 1. The summed E-state index contributed by atoms with van der Waals surface area (Å²) in [6.45, 7) is 5.84. The van der Waals surface area contributed by atoms with Gasteiger partial charge in [0.15, 0.2) is 6.61 Å². The summed E-state index contributed by atoms with van der Waals surface area (Å²) in [5.41, 5.74) is 2.23. The number of carbonyl (C=O) groups excluding carboxylic acids is 1. The van der Waals surface area contributed by atoms with Crippen LogP contribution in [0, 0.1) is 12.7 Å². The van der Waals surface area contributed by atoms with Gasteiger partial charge < -0.3 is 10.1 Å². The minimum absolute atomic E-state index is 0.0195. The van der Waals surface area contributed by atoms with Crippen molar-refractivity contribution in [3.8, 4) is 5.75 Å². The highest BCUT2D eigenvalue weighted by Crippen LogP contribution is 2.23. The normalized spacial score (nSPS) is 11.5. The molecular formula is C18H21FN2O4S. The number of primary sulfonamides is 1. The van der Waals surface area contributed by atoms with Crippen LogP contribution in [0.1, 0.15) is 30.9 Å². The van der Waals surface area contributed by atoms with Gasteiger partial charge in [0.05, 0.1) is 4.90 Å². The predicted molar refractivity (Wildman–Crippen MR) is 97.2 cm³/mol. The second-order valence-corrected chi connectivity index (χ2v) is 7.79. The van der Waals surface area contributed by atoms with Gasteiger partial charge in [0.2, 0.25) is 10.0 Å². The molecule has 0 saturated carbocycles.